The number of aryl methyl sites for hydroxylation is 1. The molecule has 0 amide bonds. The summed E-state index contributed by atoms with van der Waals surface area (Å²) in [5.74, 6) is -0.394. The van der Waals surface area contributed by atoms with E-state index in [1.54, 1.807) is 36.4 Å². The van der Waals surface area contributed by atoms with Gasteiger partial charge in [-0.1, -0.05) is 35.9 Å². The van der Waals surface area contributed by atoms with Crippen LogP contribution in [-0.2, 0) is 10.0 Å². The molecule has 0 saturated heterocycles. The number of aromatic nitrogens is 1. The van der Waals surface area contributed by atoms with E-state index in [2.05, 4.69) is 0 Å². The second kappa shape index (κ2) is 5.24. The number of ketones is 1. The van der Waals surface area contributed by atoms with Crippen LogP contribution in [0.25, 0.3) is 10.9 Å². The number of carbonyl (C=O) groups is 1. The van der Waals surface area contributed by atoms with Crippen molar-refractivity contribution >= 4 is 32.4 Å². The van der Waals surface area contributed by atoms with Gasteiger partial charge in [-0.25, -0.2) is 12.4 Å². The Morgan fingerprint density at radius 2 is 1.65 bits per heavy atom. The number of carbonyl (C=O) groups excluding carboxylic acids is 1. The van der Waals surface area contributed by atoms with Crippen molar-refractivity contribution in [2.45, 2.75) is 18.7 Å². The number of benzene rings is 2. The Hall–Kier alpha value is -2.60. The monoisotopic (exact) mass is 328 g/mol. The number of Topliss-reactive ketones (excluding diaryl/α,β-unsaturated/α-hetero) is 1. The largest absolute Gasteiger partial charge is 0.396 e. The molecule has 5 nitrogen and oxygen atoms in total. The van der Waals surface area contributed by atoms with E-state index in [9.17, 15) is 13.2 Å². The first-order valence-electron chi connectivity index (χ1n) is 7.06. The number of rotatable bonds is 3. The predicted octanol–water partition coefficient (Wildman–Crippen LogP) is 2.97. The van der Waals surface area contributed by atoms with Gasteiger partial charge in [0.05, 0.1) is 16.1 Å². The van der Waals surface area contributed by atoms with Crippen LogP contribution in [0.5, 0.6) is 0 Å². The maximum Gasteiger partial charge on any atom is 0.268 e. The van der Waals surface area contributed by atoms with E-state index in [1.807, 2.05) is 6.92 Å². The fourth-order valence-corrected chi connectivity index (χ4v) is 4.21. The first-order valence-corrected chi connectivity index (χ1v) is 8.50. The number of anilines is 1. The summed E-state index contributed by atoms with van der Waals surface area (Å²) in [4.78, 5) is 12.1. The highest BCUT2D eigenvalue weighted by Gasteiger charge is 2.27. The SMILES string of the molecule is CC(=O)c1c(N)c2ccccc2n1S(=O)(=O)c1ccc(C)cc1. The molecule has 118 valence electrons. The van der Waals surface area contributed by atoms with E-state index in [-0.39, 0.29) is 16.3 Å². The normalized spacial score (nSPS) is 11.7. The minimum absolute atomic E-state index is 0.00762. The molecule has 0 aliphatic heterocycles. The lowest BCUT2D eigenvalue weighted by Gasteiger charge is -2.11. The second-order valence-electron chi connectivity index (χ2n) is 5.42. The molecule has 1 heterocycles. The molecule has 0 unspecified atom stereocenters. The molecule has 6 heteroatoms. The molecule has 0 fully saturated rings. The van der Waals surface area contributed by atoms with Gasteiger partial charge < -0.3 is 5.73 Å². The van der Waals surface area contributed by atoms with Crippen LogP contribution in [0.15, 0.2) is 53.4 Å². The van der Waals surface area contributed by atoms with Crippen LogP contribution in [-0.4, -0.2) is 18.2 Å². The fraction of sp³-hybridized carbons (Fsp3) is 0.118. The van der Waals surface area contributed by atoms with Crippen LogP contribution in [0, 0.1) is 6.92 Å². The fourth-order valence-electron chi connectivity index (χ4n) is 2.63. The zero-order valence-electron chi connectivity index (χ0n) is 12.8. The number of nitrogens with zero attached hydrogens (tertiary/aromatic N) is 1. The Balaban J connectivity index is 2.41. The molecule has 1 aromatic heterocycles. The van der Waals surface area contributed by atoms with Crippen molar-refractivity contribution in [3.63, 3.8) is 0 Å². The lowest BCUT2D eigenvalue weighted by atomic mass is 10.2. The predicted molar refractivity (Wildman–Crippen MR) is 90.1 cm³/mol. The van der Waals surface area contributed by atoms with Crippen LogP contribution in [0.4, 0.5) is 5.69 Å². The average molecular weight is 328 g/mol. The van der Waals surface area contributed by atoms with Crippen molar-refractivity contribution in [2.24, 2.45) is 0 Å². The van der Waals surface area contributed by atoms with Crippen molar-refractivity contribution in [3.8, 4) is 0 Å². The number of hydrogen-bond donors (Lipinski definition) is 1. The Bertz CT molecular complexity index is 1020. The van der Waals surface area contributed by atoms with Crippen molar-refractivity contribution in [3.05, 3.63) is 59.8 Å². The van der Waals surface area contributed by atoms with E-state index in [0.29, 0.717) is 10.9 Å². The number of fused-ring (bicyclic) bond motifs is 1. The molecule has 0 aliphatic carbocycles. The molecule has 3 rings (SSSR count). The third-order valence-corrected chi connectivity index (χ3v) is 5.49. The van der Waals surface area contributed by atoms with Gasteiger partial charge in [0.1, 0.15) is 5.69 Å². The number of hydrogen-bond acceptors (Lipinski definition) is 4. The van der Waals surface area contributed by atoms with E-state index >= 15 is 0 Å². The van der Waals surface area contributed by atoms with Crippen LogP contribution >= 0.6 is 0 Å². The Morgan fingerprint density at radius 1 is 1.04 bits per heavy atom. The third-order valence-electron chi connectivity index (χ3n) is 3.76. The average Bonchev–Trinajstić information content (AvgIpc) is 2.82. The topological polar surface area (TPSA) is 82.2 Å². The van der Waals surface area contributed by atoms with Gasteiger partial charge in [0, 0.05) is 12.3 Å². The quantitative estimate of drug-likeness (QED) is 0.749. The summed E-state index contributed by atoms with van der Waals surface area (Å²) >= 11 is 0. The van der Waals surface area contributed by atoms with Gasteiger partial charge in [-0.3, -0.25) is 4.79 Å². The first kappa shape index (κ1) is 15.3. The van der Waals surface area contributed by atoms with E-state index < -0.39 is 15.8 Å². The number of nitrogens with two attached hydrogens (primary N) is 1. The molecule has 0 radical (unpaired) electrons. The summed E-state index contributed by atoms with van der Waals surface area (Å²) in [6.45, 7) is 3.19. The van der Waals surface area contributed by atoms with Crippen molar-refractivity contribution < 1.29 is 13.2 Å². The summed E-state index contributed by atoms with van der Waals surface area (Å²) < 4.78 is 27.2. The van der Waals surface area contributed by atoms with Crippen molar-refractivity contribution in [1.29, 1.82) is 0 Å². The minimum Gasteiger partial charge on any atom is -0.396 e. The molecule has 2 aromatic carbocycles. The molecule has 0 atom stereocenters. The summed E-state index contributed by atoms with van der Waals surface area (Å²) in [5, 5.41) is 0.549. The van der Waals surface area contributed by atoms with Gasteiger partial charge in [0.15, 0.2) is 5.78 Å². The molecule has 23 heavy (non-hydrogen) atoms. The van der Waals surface area contributed by atoms with Gasteiger partial charge >= 0.3 is 0 Å². The molecule has 0 saturated carbocycles. The summed E-state index contributed by atoms with van der Waals surface area (Å²) in [6.07, 6.45) is 0. The van der Waals surface area contributed by atoms with E-state index in [1.165, 1.54) is 19.1 Å². The zero-order chi connectivity index (χ0) is 16.8. The van der Waals surface area contributed by atoms with Crippen LogP contribution in [0.2, 0.25) is 0 Å². The van der Waals surface area contributed by atoms with E-state index in [4.69, 9.17) is 5.73 Å². The minimum atomic E-state index is -3.92. The first-order chi connectivity index (χ1) is 10.8. The maximum absolute atomic E-state index is 13.1. The molecule has 0 bridgehead atoms. The molecule has 0 aliphatic rings. The van der Waals surface area contributed by atoms with Gasteiger partial charge in [-0.15, -0.1) is 0 Å². The Kier molecular flexibility index (Phi) is 3.49. The highest BCUT2D eigenvalue weighted by molar-refractivity contribution is 7.90. The van der Waals surface area contributed by atoms with Gasteiger partial charge in [-0.05, 0) is 25.1 Å². The van der Waals surface area contributed by atoms with Crippen molar-refractivity contribution in [1.82, 2.24) is 3.97 Å². The molecule has 0 spiro atoms. The van der Waals surface area contributed by atoms with E-state index in [0.717, 1.165) is 9.54 Å². The lowest BCUT2D eigenvalue weighted by molar-refractivity contribution is 0.101. The molecular formula is C17H16N2O3S. The van der Waals surface area contributed by atoms with Gasteiger partial charge in [-0.2, -0.15) is 0 Å². The molecule has 3 aromatic rings. The third kappa shape index (κ3) is 2.31. The van der Waals surface area contributed by atoms with Crippen LogP contribution in [0.3, 0.4) is 0 Å². The smallest absolute Gasteiger partial charge is 0.268 e. The standard InChI is InChI=1S/C17H16N2O3S/c1-11-7-9-13(10-8-11)23(21,22)19-15-6-4-3-5-14(15)16(18)17(19)12(2)20/h3-10H,18H2,1-2H3. The lowest BCUT2D eigenvalue weighted by Crippen LogP contribution is -2.18. The maximum atomic E-state index is 13.1. The highest BCUT2D eigenvalue weighted by Crippen LogP contribution is 2.32. The summed E-state index contributed by atoms with van der Waals surface area (Å²) in [5.41, 5.74) is 7.56. The van der Waals surface area contributed by atoms with Gasteiger partial charge in [0.2, 0.25) is 0 Å². The van der Waals surface area contributed by atoms with Gasteiger partial charge in [0.25, 0.3) is 10.0 Å². The Labute approximate surface area is 134 Å². The highest BCUT2D eigenvalue weighted by atomic mass is 32.2. The summed E-state index contributed by atoms with van der Waals surface area (Å²) in [7, 11) is -3.92. The molecular weight excluding hydrogens is 312 g/mol. The van der Waals surface area contributed by atoms with Crippen LogP contribution in [0.1, 0.15) is 23.0 Å². The summed E-state index contributed by atoms with van der Waals surface area (Å²) in [6, 6.07) is 13.3. The van der Waals surface area contributed by atoms with Crippen LogP contribution < -0.4 is 5.73 Å². The second-order valence-corrected chi connectivity index (χ2v) is 7.20. The van der Waals surface area contributed by atoms with Crippen molar-refractivity contribution in [2.75, 3.05) is 5.73 Å². The number of nitrogen functional groups attached to an aromatic ring is 1. The zero-order valence-corrected chi connectivity index (χ0v) is 13.6. The Morgan fingerprint density at radius 3 is 2.26 bits per heavy atom. The molecule has 2 N–H and O–H groups in total. The number of para-hydroxylation sites is 1.